The number of carbonyl (C=O) groups excluding carboxylic acids is 1. The number of hydrogen-bond acceptors (Lipinski definition) is 5. The summed E-state index contributed by atoms with van der Waals surface area (Å²) in [5.41, 5.74) is 1.43. The highest BCUT2D eigenvalue weighted by molar-refractivity contribution is 7.91. The maximum absolute atomic E-state index is 13.3. The molecule has 2 aromatic rings. The Balaban J connectivity index is 1.93. The van der Waals surface area contributed by atoms with E-state index in [0.717, 1.165) is 5.56 Å². The highest BCUT2D eigenvalue weighted by Crippen LogP contribution is 2.29. The Morgan fingerprint density at radius 2 is 1.96 bits per heavy atom. The van der Waals surface area contributed by atoms with Gasteiger partial charge in [0.1, 0.15) is 11.7 Å². The first-order valence-corrected chi connectivity index (χ1v) is 10.3. The molecular weight excluding hydrogens is 352 g/mol. The van der Waals surface area contributed by atoms with Crippen molar-refractivity contribution >= 4 is 15.7 Å². The molecule has 1 aliphatic heterocycles. The number of hydrogen-bond donors (Lipinski definition) is 0. The average molecular weight is 374 g/mol. The van der Waals surface area contributed by atoms with Crippen LogP contribution in [0.15, 0.2) is 48.7 Å². The fraction of sp³-hybridized carbons (Fsp3) is 0.368. The topological polar surface area (TPSA) is 76.6 Å². The minimum Gasteiger partial charge on any atom is -0.497 e. The first kappa shape index (κ1) is 18.4. The van der Waals surface area contributed by atoms with Crippen LogP contribution in [0.25, 0.3) is 0 Å². The number of methoxy groups -OCH3 is 1. The molecule has 1 aromatic carbocycles. The molecule has 1 fully saturated rings. The van der Waals surface area contributed by atoms with E-state index in [-0.39, 0.29) is 23.5 Å². The fourth-order valence-corrected chi connectivity index (χ4v) is 5.02. The average Bonchev–Trinajstić information content (AvgIpc) is 3.02. The molecule has 6 nitrogen and oxygen atoms in total. The van der Waals surface area contributed by atoms with E-state index < -0.39 is 15.8 Å². The van der Waals surface area contributed by atoms with E-state index >= 15 is 0 Å². The lowest BCUT2D eigenvalue weighted by molar-refractivity contribution is -0.132. The van der Waals surface area contributed by atoms with Gasteiger partial charge in [0.2, 0.25) is 5.91 Å². The highest BCUT2D eigenvalue weighted by atomic mass is 32.2. The number of ether oxygens (including phenoxy) is 1. The third-order valence-corrected chi connectivity index (χ3v) is 6.53. The maximum Gasteiger partial charge on any atom is 0.236 e. The van der Waals surface area contributed by atoms with Gasteiger partial charge in [0, 0.05) is 19.3 Å². The summed E-state index contributed by atoms with van der Waals surface area (Å²) in [7, 11) is 0.198. The maximum atomic E-state index is 13.3. The summed E-state index contributed by atoms with van der Waals surface area (Å²) in [6.07, 6.45) is 2.13. The summed E-state index contributed by atoms with van der Waals surface area (Å²) in [5, 5.41) is 0. The summed E-state index contributed by atoms with van der Waals surface area (Å²) < 4.78 is 28.8. The lowest BCUT2D eigenvalue weighted by Gasteiger charge is -2.28. The van der Waals surface area contributed by atoms with Crippen LogP contribution in [-0.2, 0) is 14.6 Å². The molecule has 2 heterocycles. The van der Waals surface area contributed by atoms with E-state index in [2.05, 4.69) is 4.98 Å². The van der Waals surface area contributed by atoms with Gasteiger partial charge in [-0.15, -0.1) is 0 Å². The minimum atomic E-state index is -3.06. The van der Waals surface area contributed by atoms with Crippen molar-refractivity contribution in [2.75, 3.05) is 25.7 Å². The quantitative estimate of drug-likeness (QED) is 0.798. The summed E-state index contributed by atoms with van der Waals surface area (Å²) in [5.74, 6) is 0.112. The van der Waals surface area contributed by atoms with E-state index in [1.165, 1.54) is 0 Å². The van der Waals surface area contributed by atoms with Crippen molar-refractivity contribution in [2.24, 2.45) is 0 Å². The zero-order valence-corrected chi connectivity index (χ0v) is 15.6. The lowest BCUT2D eigenvalue weighted by atomic mass is 9.93. The lowest BCUT2D eigenvalue weighted by Crippen LogP contribution is -2.41. The first-order chi connectivity index (χ1) is 12.4. The Hall–Kier alpha value is -2.41. The molecule has 2 unspecified atom stereocenters. The van der Waals surface area contributed by atoms with Crippen LogP contribution in [0.1, 0.15) is 23.6 Å². The van der Waals surface area contributed by atoms with Crippen molar-refractivity contribution < 1.29 is 17.9 Å². The summed E-state index contributed by atoms with van der Waals surface area (Å²) in [6, 6.07) is 12.4. The zero-order valence-electron chi connectivity index (χ0n) is 14.8. The van der Waals surface area contributed by atoms with Crippen LogP contribution in [0.3, 0.4) is 0 Å². The molecular formula is C19H22N2O4S. The number of pyridine rings is 1. The molecule has 2 atom stereocenters. The second kappa shape index (κ2) is 7.45. The SMILES string of the molecule is COc1ccc(C(C(=O)N(C)C2CCS(=O)(=O)C2)c2ccccn2)cc1. The van der Waals surface area contributed by atoms with Crippen LogP contribution >= 0.6 is 0 Å². The number of nitrogens with zero attached hydrogens (tertiary/aromatic N) is 2. The molecule has 3 rings (SSSR count). The fourth-order valence-electron chi connectivity index (χ4n) is 3.25. The molecule has 26 heavy (non-hydrogen) atoms. The van der Waals surface area contributed by atoms with E-state index in [4.69, 9.17) is 4.74 Å². The number of sulfone groups is 1. The normalized spacial score (nSPS) is 19.7. The molecule has 1 aliphatic rings. The summed E-state index contributed by atoms with van der Waals surface area (Å²) >= 11 is 0. The van der Waals surface area contributed by atoms with Gasteiger partial charge >= 0.3 is 0 Å². The molecule has 138 valence electrons. The van der Waals surface area contributed by atoms with Gasteiger partial charge in [-0.25, -0.2) is 8.42 Å². The second-order valence-electron chi connectivity index (χ2n) is 6.47. The highest BCUT2D eigenvalue weighted by Gasteiger charge is 2.36. The minimum absolute atomic E-state index is 0.0206. The first-order valence-electron chi connectivity index (χ1n) is 8.43. The molecule has 0 saturated carbocycles. The largest absolute Gasteiger partial charge is 0.497 e. The predicted molar refractivity (Wildman–Crippen MR) is 98.9 cm³/mol. The Kier molecular flexibility index (Phi) is 5.27. The molecule has 7 heteroatoms. The van der Waals surface area contributed by atoms with Crippen molar-refractivity contribution in [1.82, 2.24) is 9.88 Å². The summed E-state index contributed by atoms with van der Waals surface area (Å²) in [4.78, 5) is 19.2. The van der Waals surface area contributed by atoms with Crippen molar-refractivity contribution in [3.63, 3.8) is 0 Å². The Bertz CT molecular complexity index is 866. The smallest absolute Gasteiger partial charge is 0.236 e. The Morgan fingerprint density at radius 3 is 2.50 bits per heavy atom. The van der Waals surface area contributed by atoms with Crippen LogP contribution in [0.4, 0.5) is 0 Å². The summed E-state index contributed by atoms with van der Waals surface area (Å²) in [6.45, 7) is 0. The monoisotopic (exact) mass is 374 g/mol. The zero-order chi connectivity index (χ0) is 18.7. The molecule has 1 aromatic heterocycles. The van der Waals surface area contributed by atoms with Gasteiger partial charge in [0.05, 0.1) is 24.3 Å². The van der Waals surface area contributed by atoms with E-state index in [1.54, 1.807) is 43.5 Å². The number of rotatable bonds is 5. The van der Waals surface area contributed by atoms with Crippen LogP contribution in [0.5, 0.6) is 5.75 Å². The van der Waals surface area contributed by atoms with Gasteiger partial charge < -0.3 is 9.64 Å². The second-order valence-corrected chi connectivity index (χ2v) is 8.70. The Labute approximate surface area is 153 Å². The molecule has 0 bridgehead atoms. The van der Waals surface area contributed by atoms with Gasteiger partial charge in [-0.3, -0.25) is 9.78 Å². The van der Waals surface area contributed by atoms with Gasteiger partial charge in [0.15, 0.2) is 9.84 Å². The molecule has 1 amide bonds. The molecule has 1 saturated heterocycles. The van der Waals surface area contributed by atoms with Gasteiger partial charge in [-0.1, -0.05) is 18.2 Å². The van der Waals surface area contributed by atoms with Crippen molar-refractivity contribution in [1.29, 1.82) is 0 Å². The van der Waals surface area contributed by atoms with E-state index in [1.807, 2.05) is 24.3 Å². The van der Waals surface area contributed by atoms with E-state index in [0.29, 0.717) is 17.9 Å². The number of aromatic nitrogens is 1. The van der Waals surface area contributed by atoms with Crippen LogP contribution < -0.4 is 4.74 Å². The molecule has 0 N–H and O–H groups in total. The predicted octanol–water partition coefficient (Wildman–Crippen LogP) is 1.87. The van der Waals surface area contributed by atoms with E-state index in [9.17, 15) is 13.2 Å². The van der Waals surface area contributed by atoms with Crippen molar-refractivity contribution in [3.8, 4) is 5.75 Å². The van der Waals surface area contributed by atoms with Crippen molar-refractivity contribution in [2.45, 2.75) is 18.4 Å². The van der Waals surface area contributed by atoms with Gasteiger partial charge in [-0.05, 0) is 36.2 Å². The van der Waals surface area contributed by atoms with Gasteiger partial charge in [-0.2, -0.15) is 0 Å². The van der Waals surface area contributed by atoms with Crippen LogP contribution in [0, 0.1) is 0 Å². The van der Waals surface area contributed by atoms with Crippen LogP contribution in [0.2, 0.25) is 0 Å². The molecule has 0 aliphatic carbocycles. The van der Waals surface area contributed by atoms with Gasteiger partial charge in [0.25, 0.3) is 0 Å². The van der Waals surface area contributed by atoms with Crippen LogP contribution in [-0.4, -0.2) is 55.9 Å². The number of likely N-dealkylation sites (N-methyl/N-ethyl adjacent to an activating group) is 1. The number of carbonyl (C=O) groups is 1. The third kappa shape index (κ3) is 3.88. The Morgan fingerprint density at radius 1 is 1.23 bits per heavy atom. The molecule has 0 radical (unpaired) electrons. The number of benzene rings is 1. The van der Waals surface area contributed by atoms with Crippen molar-refractivity contribution in [3.05, 3.63) is 59.9 Å². The third-order valence-electron chi connectivity index (χ3n) is 4.78. The standard InChI is InChI=1S/C19H22N2O4S/c1-21(15-10-12-26(23,24)13-15)19(22)18(17-5-3-4-11-20-17)14-6-8-16(25-2)9-7-14/h3-9,11,15,18H,10,12-13H2,1-2H3. The molecule has 0 spiro atoms. The number of amides is 1.